The summed E-state index contributed by atoms with van der Waals surface area (Å²) in [7, 11) is 1.36. The number of nitrogens with one attached hydrogen (secondary N) is 1. The zero-order valence-electron chi connectivity index (χ0n) is 15.3. The molecule has 4 aliphatic carbocycles. The molecule has 1 aromatic rings. The van der Waals surface area contributed by atoms with Crippen molar-refractivity contribution >= 4 is 11.9 Å². The lowest BCUT2D eigenvalue weighted by molar-refractivity contribution is -0.169. The van der Waals surface area contributed by atoms with Crippen LogP contribution in [0.5, 0.6) is 0 Å². The second-order valence-electron chi connectivity index (χ2n) is 8.83. The van der Waals surface area contributed by atoms with Crippen LogP contribution in [0, 0.1) is 17.3 Å². The molecule has 26 heavy (non-hydrogen) atoms. The molecule has 4 fully saturated rings. The Morgan fingerprint density at radius 1 is 1.15 bits per heavy atom. The van der Waals surface area contributed by atoms with Crippen LogP contribution in [0.1, 0.15) is 60.9 Å². The molecule has 4 bridgehead atoms. The summed E-state index contributed by atoms with van der Waals surface area (Å²) in [4.78, 5) is 24.0. The van der Waals surface area contributed by atoms with Crippen molar-refractivity contribution in [1.82, 2.24) is 5.32 Å². The van der Waals surface area contributed by atoms with Gasteiger partial charge in [-0.2, -0.15) is 0 Å². The van der Waals surface area contributed by atoms with Crippen molar-refractivity contribution < 1.29 is 19.4 Å². The fourth-order valence-electron chi connectivity index (χ4n) is 6.09. The van der Waals surface area contributed by atoms with Crippen molar-refractivity contribution in [2.24, 2.45) is 17.3 Å². The molecule has 5 nitrogen and oxygen atoms in total. The van der Waals surface area contributed by atoms with Gasteiger partial charge in [-0.1, -0.05) is 12.1 Å². The molecule has 140 valence electrons. The number of aliphatic hydroxyl groups is 1. The van der Waals surface area contributed by atoms with E-state index in [1.54, 1.807) is 12.1 Å². The molecule has 0 aromatic heterocycles. The Morgan fingerprint density at radius 2 is 1.81 bits per heavy atom. The van der Waals surface area contributed by atoms with E-state index in [-0.39, 0.29) is 17.3 Å². The highest BCUT2D eigenvalue weighted by atomic mass is 16.5. The third kappa shape index (κ3) is 3.37. The Hall–Kier alpha value is -1.88. The van der Waals surface area contributed by atoms with Crippen LogP contribution in [0.3, 0.4) is 0 Å². The minimum atomic E-state index is -0.520. The van der Waals surface area contributed by atoms with Crippen LogP contribution in [-0.4, -0.2) is 29.7 Å². The fraction of sp³-hybridized carbons (Fsp3) is 0.619. The van der Waals surface area contributed by atoms with E-state index >= 15 is 0 Å². The number of hydrogen-bond donors (Lipinski definition) is 2. The molecular weight excluding hydrogens is 330 g/mol. The number of ether oxygens (including phenoxy) is 1. The molecule has 5 rings (SSSR count). The Labute approximate surface area is 154 Å². The predicted octanol–water partition coefficient (Wildman–Crippen LogP) is 2.81. The van der Waals surface area contributed by atoms with Crippen LogP contribution in [-0.2, 0) is 16.1 Å². The summed E-state index contributed by atoms with van der Waals surface area (Å²) < 4.78 is 4.69. The zero-order valence-corrected chi connectivity index (χ0v) is 15.3. The van der Waals surface area contributed by atoms with E-state index in [9.17, 15) is 14.7 Å². The van der Waals surface area contributed by atoms with E-state index in [0.717, 1.165) is 37.7 Å². The van der Waals surface area contributed by atoms with Crippen molar-refractivity contribution in [2.45, 2.75) is 57.1 Å². The summed E-state index contributed by atoms with van der Waals surface area (Å²) in [5, 5.41) is 13.8. The van der Waals surface area contributed by atoms with Crippen LogP contribution >= 0.6 is 0 Å². The molecule has 0 saturated heterocycles. The Morgan fingerprint density at radius 3 is 2.38 bits per heavy atom. The summed E-state index contributed by atoms with van der Waals surface area (Å²) in [5.74, 6) is 0.896. The van der Waals surface area contributed by atoms with Gasteiger partial charge in [0, 0.05) is 13.0 Å². The highest BCUT2D eigenvalue weighted by Gasteiger charge is 2.57. The molecule has 2 N–H and O–H groups in total. The molecule has 4 saturated carbocycles. The van der Waals surface area contributed by atoms with E-state index in [0.29, 0.717) is 30.4 Å². The second-order valence-corrected chi connectivity index (χ2v) is 8.83. The van der Waals surface area contributed by atoms with E-state index in [1.807, 2.05) is 12.1 Å². The van der Waals surface area contributed by atoms with Gasteiger partial charge in [-0.15, -0.1) is 0 Å². The number of benzene rings is 1. The van der Waals surface area contributed by atoms with Gasteiger partial charge in [0.15, 0.2) is 0 Å². The average molecular weight is 357 g/mol. The number of rotatable bonds is 5. The smallest absolute Gasteiger partial charge is 0.337 e. The number of carbonyl (C=O) groups excluding carboxylic acids is 2. The standard InChI is InChI=1S/C21H27NO4/c1-26-19(24)17-4-2-14(3-5-17)12-22-18(23)11-20-7-15-6-16(8-20)10-21(25,9-15)13-20/h2-5,15-16,25H,6-13H2,1H3,(H,22,23). The van der Waals surface area contributed by atoms with Gasteiger partial charge in [0.2, 0.25) is 5.91 Å². The SMILES string of the molecule is COC(=O)c1ccc(CNC(=O)CC23CC4CC(CC(O)(C4)C2)C3)cc1. The highest BCUT2D eigenvalue weighted by molar-refractivity contribution is 5.89. The van der Waals surface area contributed by atoms with Gasteiger partial charge in [0.05, 0.1) is 18.3 Å². The van der Waals surface area contributed by atoms with Crippen LogP contribution in [0.2, 0.25) is 0 Å². The number of carbonyl (C=O) groups is 2. The molecule has 2 atom stereocenters. The van der Waals surface area contributed by atoms with Crippen LogP contribution < -0.4 is 5.32 Å². The topological polar surface area (TPSA) is 75.6 Å². The number of esters is 1. The van der Waals surface area contributed by atoms with Crippen molar-refractivity contribution in [2.75, 3.05) is 7.11 Å². The molecule has 1 aromatic carbocycles. The quantitative estimate of drug-likeness (QED) is 0.795. The first kappa shape index (κ1) is 17.5. The second kappa shape index (κ2) is 6.38. The first-order chi connectivity index (χ1) is 12.4. The van der Waals surface area contributed by atoms with E-state index < -0.39 is 5.60 Å². The molecule has 0 spiro atoms. The normalized spacial score (nSPS) is 34.5. The predicted molar refractivity (Wildman–Crippen MR) is 96.3 cm³/mol. The molecule has 4 aliphatic rings. The van der Waals surface area contributed by atoms with E-state index in [2.05, 4.69) is 10.1 Å². The number of methoxy groups -OCH3 is 1. The van der Waals surface area contributed by atoms with Gasteiger partial charge in [-0.25, -0.2) is 4.79 Å². The maximum Gasteiger partial charge on any atom is 0.337 e. The van der Waals surface area contributed by atoms with Crippen molar-refractivity contribution in [1.29, 1.82) is 0 Å². The van der Waals surface area contributed by atoms with Crippen LogP contribution in [0.15, 0.2) is 24.3 Å². The maximum absolute atomic E-state index is 12.6. The number of hydrogen-bond acceptors (Lipinski definition) is 4. The third-order valence-electron chi connectivity index (χ3n) is 6.55. The van der Waals surface area contributed by atoms with Gasteiger partial charge in [0.1, 0.15) is 0 Å². The Kier molecular flexibility index (Phi) is 4.30. The molecule has 0 aliphatic heterocycles. The fourth-order valence-corrected chi connectivity index (χ4v) is 6.09. The number of amides is 1. The molecule has 0 heterocycles. The van der Waals surface area contributed by atoms with E-state index in [4.69, 9.17) is 0 Å². The van der Waals surface area contributed by atoms with Crippen molar-refractivity contribution in [3.05, 3.63) is 35.4 Å². The van der Waals surface area contributed by atoms with Gasteiger partial charge >= 0.3 is 5.97 Å². The van der Waals surface area contributed by atoms with Gasteiger partial charge in [-0.05, 0) is 73.5 Å². The summed E-state index contributed by atoms with van der Waals surface area (Å²) in [5.41, 5.74) is 0.936. The van der Waals surface area contributed by atoms with Gasteiger partial charge in [-0.3, -0.25) is 4.79 Å². The zero-order chi connectivity index (χ0) is 18.4. The van der Waals surface area contributed by atoms with Gasteiger partial charge < -0.3 is 15.2 Å². The molecule has 5 heteroatoms. The Balaban J connectivity index is 1.34. The summed E-state index contributed by atoms with van der Waals surface area (Å²) >= 11 is 0. The summed E-state index contributed by atoms with van der Waals surface area (Å²) in [6.45, 7) is 0.452. The maximum atomic E-state index is 12.6. The monoisotopic (exact) mass is 357 g/mol. The summed E-state index contributed by atoms with van der Waals surface area (Å²) in [6, 6.07) is 7.09. The molecule has 0 radical (unpaired) electrons. The first-order valence-corrected chi connectivity index (χ1v) is 9.55. The largest absolute Gasteiger partial charge is 0.465 e. The van der Waals surface area contributed by atoms with E-state index in [1.165, 1.54) is 13.5 Å². The first-order valence-electron chi connectivity index (χ1n) is 9.55. The molecule has 1 amide bonds. The molecule has 2 unspecified atom stereocenters. The molecular formula is C21H27NO4. The van der Waals surface area contributed by atoms with Crippen molar-refractivity contribution in [3.8, 4) is 0 Å². The van der Waals surface area contributed by atoms with Crippen LogP contribution in [0.25, 0.3) is 0 Å². The minimum Gasteiger partial charge on any atom is -0.465 e. The lowest BCUT2D eigenvalue weighted by Gasteiger charge is -2.60. The Bertz CT molecular complexity index is 697. The lowest BCUT2D eigenvalue weighted by Crippen LogP contribution is -2.56. The van der Waals surface area contributed by atoms with Crippen LogP contribution in [0.4, 0.5) is 0 Å². The highest BCUT2D eigenvalue weighted by Crippen LogP contribution is 2.62. The van der Waals surface area contributed by atoms with Gasteiger partial charge in [0.25, 0.3) is 0 Å². The minimum absolute atomic E-state index is 0.00232. The third-order valence-corrected chi connectivity index (χ3v) is 6.55. The summed E-state index contributed by atoms with van der Waals surface area (Å²) in [6.07, 6.45) is 6.58. The van der Waals surface area contributed by atoms with Crippen molar-refractivity contribution in [3.63, 3.8) is 0 Å². The average Bonchev–Trinajstić information content (AvgIpc) is 2.57. The lowest BCUT2D eigenvalue weighted by atomic mass is 9.47.